The molecule has 73 heavy (non-hydrogen) atoms. The smallest absolute Gasteiger partial charge is 0.332 e. The highest BCUT2D eigenvalue weighted by Gasteiger charge is 2.27. The predicted octanol–water partition coefficient (Wildman–Crippen LogP) is 8.09. The Morgan fingerprint density at radius 2 is 1.16 bits per heavy atom. The number of amides is 2. The number of pyridine rings is 2. The number of carbonyl (C=O) groups excluding carboxylic acids is 5. The first-order chi connectivity index (χ1) is 35.4. The average molecular weight is 991 g/mol. The lowest BCUT2D eigenvalue weighted by molar-refractivity contribution is -0.142. The van der Waals surface area contributed by atoms with Crippen molar-refractivity contribution in [2.45, 2.75) is 33.1 Å². The number of nitrogens with one attached hydrogen (secondary N) is 1. The first-order valence-electron chi connectivity index (χ1n) is 24.0. The number of ketones is 1. The molecule has 2 aliphatic heterocycles. The first-order valence-corrected chi connectivity index (χ1v) is 24.0. The Hall–Kier alpha value is -8.73. The molecule has 17 nitrogen and oxygen atoms in total. The number of anilines is 6. The number of hydrogen-bond acceptors (Lipinski definition) is 15. The molecule has 0 fully saturated rings. The summed E-state index contributed by atoms with van der Waals surface area (Å²) in [5.41, 5.74) is 10.6. The summed E-state index contributed by atoms with van der Waals surface area (Å²) in [4.78, 5) is 75.7. The van der Waals surface area contributed by atoms with Gasteiger partial charge in [0.15, 0.2) is 19.0 Å². The topological polar surface area (TPSA) is 199 Å². The van der Waals surface area contributed by atoms with E-state index in [0.29, 0.717) is 54.8 Å². The van der Waals surface area contributed by atoms with Crippen LogP contribution in [0.25, 0.3) is 5.70 Å². The summed E-state index contributed by atoms with van der Waals surface area (Å²) in [5, 5.41) is 3.30. The zero-order chi connectivity index (χ0) is 52.0. The van der Waals surface area contributed by atoms with Gasteiger partial charge in [-0.3, -0.25) is 19.2 Å². The van der Waals surface area contributed by atoms with E-state index >= 15 is 0 Å². The number of fused-ring (bicyclic) bond motifs is 2. The lowest BCUT2D eigenvalue weighted by atomic mass is 10.1. The summed E-state index contributed by atoms with van der Waals surface area (Å²) in [7, 11) is 3.99. The molecule has 0 saturated heterocycles. The summed E-state index contributed by atoms with van der Waals surface area (Å²) < 4.78 is 21.0. The molecule has 380 valence electrons. The van der Waals surface area contributed by atoms with Crippen molar-refractivity contribution in [2.75, 3.05) is 97.4 Å². The van der Waals surface area contributed by atoms with Crippen LogP contribution in [-0.4, -0.2) is 106 Å². The van der Waals surface area contributed by atoms with Gasteiger partial charge in [-0.1, -0.05) is 72.8 Å². The van der Waals surface area contributed by atoms with Crippen molar-refractivity contribution >= 4 is 69.6 Å². The maximum atomic E-state index is 12.6. The number of esters is 2. The minimum atomic E-state index is -0.471. The van der Waals surface area contributed by atoms with Crippen molar-refractivity contribution < 1.29 is 42.9 Å². The molecule has 0 saturated carbocycles. The quantitative estimate of drug-likeness (QED) is 0.0259. The number of benzene rings is 4. The highest BCUT2D eigenvalue weighted by molar-refractivity contribution is 6.06. The maximum Gasteiger partial charge on any atom is 0.332 e. The summed E-state index contributed by atoms with van der Waals surface area (Å²) in [6, 6.07) is 40.9. The van der Waals surface area contributed by atoms with E-state index in [1.54, 1.807) is 72.4 Å². The van der Waals surface area contributed by atoms with Crippen molar-refractivity contribution in [3.63, 3.8) is 0 Å². The molecule has 8 rings (SSSR count). The summed E-state index contributed by atoms with van der Waals surface area (Å²) in [6.07, 6.45) is 6.41. The van der Waals surface area contributed by atoms with Gasteiger partial charge in [0.2, 0.25) is 0 Å². The van der Waals surface area contributed by atoms with Crippen LogP contribution in [0.2, 0.25) is 0 Å². The number of nitrogens with two attached hydrogens (primary N) is 1. The molecular weight excluding hydrogens is 929 g/mol. The fraction of sp³-hybridized carbons (Fsp3) is 0.268. The third-order valence-electron chi connectivity index (χ3n) is 11.3. The fourth-order valence-corrected chi connectivity index (χ4v) is 7.65. The van der Waals surface area contributed by atoms with Gasteiger partial charge < -0.3 is 49.6 Å². The van der Waals surface area contributed by atoms with Crippen LogP contribution in [0.4, 0.5) is 34.4 Å². The van der Waals surface area contributed by atoms with Crippen molar-refractivity contribution in [3.8, 4) is 11.5 Å². The van der Waals surface area contributed by atoms with Gasteiger partial charge in [0.25, 0.3) is 11.8 Å². The van der Waals surface area contributed by atoms with Crippen molar-refractivity contribution in [1.82, 2.24) is 9.97 Å². The standard InChI is InChI=1S/C28H30N4O4.C17H20N4O2.C11H12O3/c1-3-35-28(34)19-23(21-10-5-4-6-11-21)30-22-13-14-24-25(18-22)36-20-27(33)32(24)17-9-16-31(2)26-12-7-8-15-29-26;1-20(16-5-2-3-8-19-16)9-4-10-21-14-7-6-13(18)11-15(14)23-12-17(21)22;1-2-14-11(13)8-10(12)9-6-4-3-5-7-9/h4-8,10-15,18-19,30H,3,9,16-17,20H2,1-2H3;2-3,5-8,11H,4,9-10,12,18H2,1H3;3-7H,2,8H2,1H3/b23-19-;;. The molecule has 4 aromatic carbocycles. The van der Waals surface area contributed by atoms with Gasteiger partial charge in [0, 0.05) is 87.8 Å². The number of carbonyl (C=O) groups is 5. The minimum Gasteiger partial charge on any atom is -0.481 e. The van der Waals surface area contributed by atoms with E-state index < -0.39 is 11.9 Å². The van der Waals surface area contributed by atoms with Gasteiger partial charge in [-0.2, -0.15) is 0 Å². The zero-order valence-corrected chi connectivity index (χ0v) is 41.6. The molecule has 0 bridgehead atoms. The van der Waals surface area contributed by atoms with Gasteiger partial charge in [0.05, 0.1) is 30.3 Å². The van der Waals surface area contributed by atoms with Crippen molar-refractivity contribution in [3.05, 3.63) is 163 Å². The van der Waals surface area contributed by atoms with Gasteiger partial charge in [-0.15, -0.1) is 0 Å². The average Bonchev–Trinajstić information content (AvgIpc) is 3.41. The van der Waals surface area contributed by atoms with Crippen LogP contribution in [0.15, 0.2) is 152 Å². The molecule has 17 heteroatoms. The molecule has 0 spiro atoms. The molecule has 6 aromatic rings. The largest absolute Gasteiger partial charge is 0.481 e. The van der Waals surface area contributed by atoms with E-state index in [9.17, 15) is 24.0 Å². The second-order valence-corrected chi connectivity index (χ2v) is 16.6. The Balaban J connectivity index is 0.000000200. The minimum absolute atomic E-state index is 0.0171. The Kier molecular flexibility index (Phi) is 20.3. The van der Waals surface area contributed by atoms with E-state index in [0.717, 1.165) is 60.2 Å². The van der Waals surface area contributed by atoms with Crippen LogP contribution < -0.4 is 40.1 Å². The highest BCUT2D eigenvalue weighted by Crippen LogP contribution is 2.36. The van der Waals surface area contributed by atoms with Gasteiger partial charge in [-0.05, 0) is 80.8 Å². The third-order valence-corrected chi connectivity index (χ3v) is 11.3. The van der Waals surface area contributed by atoms with E-state index in [4.69, 9.17) is 19.9 Å². The Morgan fingerprint density at radius 3 is 1.68 bits per heavy atom. The summed E-state index contributed by atoms with van der Waals surface area (Å²) in [5.74, 6) is 1.90. The summed E-state index contributed by atoms with van der Waals surface area (Å²) >= 11 is 0. The van der Waals surface area contributed by atoms with Crippen LogP contribution in [0.1, 0.15) is 49.0 Å². The molecule has 0 radical (unpaired) electrons. The molecule has 0 unspecified atom stereocenters. The van der Waals surface area contributed by atoms with Gasteiger partial charge in [0.1, 0.15) is 29.6 Å². The van der Waals surface area contributed by atoms with E-state index in [1.807, 2.05) is 111 Å². The van der Waals surface area contributed by atoms with Crippen LogP contribution in [0, 0.1) is 0 Å². The summed E-state index contributed by atoms with van der Waals surface area (Å²) in [6.45, 7) is 6.90. The molecule has 0 aliphatic carbocycles. The van der Waals surface area contributed by atoms with Crippen LogP contribution in [-0.2, 0) is 28.7 Å². The van der Waals surface area contributed by atoms with E-state index in [-0.39, 0.29) is 37.2 Å². The molecule has 3 N–H and O–H groups in total. The Bertz CT molecular complexity index is 2780. The molecule has 4 heterocycles. The normalized spacial score (nSPS) is 12.5. The lowest BCUT2D eigenvalue weighted by Gasteiger charge is -2.30. The SMILES string of the molecule is CCOC(=O)/C=C(\Nc1ccc2c(c1)OCC(=O)N2CCCN(C)c1ccccn1)c1ccccc1.CCOC(=O)CC(=O)c1ccccc1.CN(CCCN1C(=O)COc2cc(N)ccc21)c1ccccn1. The van der Waals surface area contributed by atoms with E-state index in [2.05, 4.69) is 29.8 Å². The second-order valence-electron chi connectivity index (χ2n) is 16.6. The van der Waals surface area contributed by atoms with Crippen LogP contribution >= 0.6 is 0 Å². The number of Topliss-reactive ketones (excluding diaryl/α,β-unsaturated/α-hetero) is 1. The molecular formula is C56H62N8O9. The Morgan fingerprint density at radius 1 is 0.658 bits per heavy atom. The fourth-order valence-electron chi connectivity index (χ4n) is 7.65. The van der Waals surface area contributed by atoms with Gasteiger partial charge in [-0.25, -0.2) is 14.8 Å². The second kappa shape index (κ2) is 27.6. The number of hydrogen-bond donors (Lipinski definition) is 2. The molecule has 0 atom stereocenters. The molecule has 2 aliphatic rings. The van der Waals surface area contributed by atoms with Crippen LogP contribution in [0.5, 0.6) is 11.5 Å². The predicted molar refractivity (Wildman–Crippen MR) is 284 cm³/mol. The highest BCUT2D eigenvalue weighted by atomic mass is 16.5. The monoisotopic (exact) mass is 990 g/mol. The molecule has 2 amide bonds. The van der Waals surface area contributed by atoms with Crippen molar-refractivity contribution in [2.24, 2.45) is 0 Å². The Labute approximate surface area is 426 Å². The number of aromatic nitrogens is 2. The maximum absolute atomic E-state index is 12.6. The zero-order valence-electron chi connectivity index (χ0n) is 41.6. The molecule has 2 aromatic heterocycles. The number of rotatable bonds is 19. The van der Waals surface area contributed by atoms with Crippen LogP contribution in [0.3, 0.4) is 0 Å². The number of nitrogens with zero attached hydrogens (tertiary/aromatic N) is 6. The number of ether oxygens (including phenoxy) is 4. The van der Waals surface area contributed by atoms with Gasteiger partial charge >= 0.3 is 11.9 Å². The lowest BCUT2D eigenvalue weighted by Crippen LogP contribution is -2.40. The van der Waals surface area contributed by atoms with Crippen molar-refractivity contribution in [1.29, 1.82) is 0 Å². The first kappa shape index (κ1) is 53.6. The van der Waals surface area contributed by atoms with E-state index in [1.165, 1.54) is 6.08 Å². The number of nitrogen functional groups attached to an aromatic ring is 1. The third kappa shape index (κ3) is 16.2.